The molecule has 146 valence electrons. The van der Waals surface area contributed by atoms with Crippen molar-refractivity contribution in [2.24, 2.45) is 5.92 Å². The lowest BCUT2D eigenvalue weighted by Gasteiger charge is -2.24. The van der Waals surface area contributed by atoms with Crippen LogP contribution in [0.3, 0.4) is 0 Å². The average Bonchev–Trinajstić information content (AvgIpc) is 3.13. The van der Waals surface area contributed by atoms with E-state index in [4.69, 9.17) is 17.3 Å². The molecule has 2 heterocycles. The van der Waals surface area contributed by atoms with Gasteiger partial charge in [0.2, 0.25) is 11.8 Å². The van der Waals surface area contributed by atoms with Gasteiger partial charge in [0.1, 0.15) is 0 Å². The van der Waals surface area contributed by atoms with E-state index in [1.165, 1.54) is 0 Å². The first-order valence-corrected chi connectivity index (χ1v) is 10.3. The molecule has 1 atom stereocenters. The predicted octanol–water partition coefficient (Wildman–Crippen LogP) is 4.36. The van der Waals surface area contributed by atoms with Crippen LogP contribution in [0.4, 0.5) is 17.1 Å². The fraction of sp³-hybridized carbons (Fsp3) is 0.333. The van der Waals surface area contributed by atoms with Crippen molar-refractivity contribution in [3.05, 3.63) is 51.5 Å². The molecule has 4 rings (SSSR count). The Kier molecular flexibility index (Phi) is 4.67. The van der Waals surface area contributed by atoms with Gasteiger partial charge in [-0.3, -0.25) is 9.59 Å². The number of carbonyl (C=O) groups excluding carboxylic acids is 2. The highest BCUT2D eigenvalue weighted by Gasteiger charge is 2.43. The van der Waals surface area contributed by atoms with Crippen LogP contribution in [0.2, 0.25) is 5.02 Å². The highest BCUT2D eigenvalue weighted by atomic mass is 79.9. The molecule has 1 fully saturated rings. The molecule has 0 aromatic heterocycles. The zero-order chi connectivity index (χ0) is 20.2. The van der Waals surface area contributed by atoms with Crippen LogP contribution in [-0.2, 0) is 15.0 Å². The summed E-state index contributed by atoms with van der Waals surface area (Å²) in [5.74, 6) is -0.487. The second kappa shape index (κ2) is 6.78. The molecule has 0 radical (unpaired) electrons. The first-order chi connectivity index (χ1) is 13.2. The molecule has 2 amide bonds. The van der Waals surface area contributed by atoms with Crippen molar-refractivity contribution < 1.29 is 9.59 Å². The number of fused-ring (bicyclic) bond motifs is 1. The Morgan fingerprint density at radius 2 is 2.04 bits per heavy atom. The lowest BCUT2D eigenvalue weighted by molar-refractivity contribution is -0.124. The van der Waals surface area contributed by atoms with Gasteiger partial charge in [0.25, 0.3) is 0 Å². The van der Waals surface area contributed by atoms with Crippen LogP contribution in [0, 0.1) is 5.92 Å². The molecule has 0 saturated carbocycles. The molecule has 2 aliphatic heterocycles. The smallest absolute Gasteiger partial charge is 0.232 e. The molecule has 1 unspecified atom stereocenters. The van der Waals surface area contributed by atoms with Gasteiger partial charge in [-0.15, -0.1) is 0 Å². The molecule has 7 heteroatoms. The standard InChI is InChI=1S/C21H21BrClN3O2/c1-21(2)11-26(18-9-17(23)16(22)8-15(18)21)20(28)12-6-19(27)25(10-12)14-5-3-4-13(24)7-14/h3-5,7-9,12H,6,10-11,24H2,1-2H3. The summed E-state index contributed by atoms with van der Waals surface area (Å²) in [6.45, 7) is 5.14. The molecule has 2 aromatic rings. The summed E-state index contributed by atoms with van der Waals surface area (Å²) in [5, 5.41) is 0.568. The zero-order valence-electron chi connectivity index (χ0n) is 15.7. The van der Waals surface area contributed by atoms with Crippen molar-refractivity contribution >= 4 is 56.4 Å². The number of carbonyl (C=O) groups is 2. The van der Waals surface area contributed by atoms with Crippen LogP contribution in [-0.4, -0.2) is 24.9 Å². The summed E-state index contributed by atoms with van der Waals surface area (Å²) >= 11 is 9.77. The van der Waals surface area contributed by atoms with E-state index in [0.29, 0.717) is 23.8 Å². The van der Waals surface area contributed by atoms with Gasteiger partial charge in [0.05, 0.1) is 10.9 Å². The summed E-state index contributed by atoms with van der Waals surface area (Å²) in [5.41, 5.74) is 8.89. The fourth-order valence-corrected chi connectivity index (χ4v) is 4.60. The maximum absolute atomic E-state index is 13.4. The Labute approximate surface area is 177 Å². The number of nitrogens with zero attached hydrogens (tertiary/aromatic N) is 2. The van der Waals surface area contributed by atoms with Crippen LogP contribution in [0.5, 0.6) is 0 Å². The van der Waals surface area contributed by atoms with Crippen LogP contribution < -0.4 is 15.5 Å². The molecule has 2 aliphatic rings. The van der Waals surface area contributed by atoms with Crippen molar-refractivity contribution in [1.29, 1.82) is 0 Å². The molecular weight excluding hydrogens is 442 g/mol. The van der Waals surface area contributed by atoms with E-state index >= 15 is 0 Å². The van der Waals surface area contributed by atoms with E-state index < -0.39 is 5.92 Å². The first-order valence-electron chi connectivity index (χ1n) is 9.14. The second-order valence-electron chi connectivity index (χ2n) is 8.09. The Balaban J connectivity index is 1.61. The average molecular weight is 463 g/mol. The largest absolute Gasteiger partial charge is 0.399 e. The Morgan fingerprint density at radius 1 is 1.29 bits per heavy atom. The molecule has 0 spiro atoms. The monoisotopic (exact) mass is 461 g/mol. The van der Waals surface area contributed by atoms with E-state index in [2.05, 4.69) is 29.8 Å². The van der Waals surface area contributed by atoms with Crippen LogP contribution in [0.15, 0.2) is 40.9 Å². The maximum atomic E-state index is 13.4. The number of benzene rings is 2. The van der Waals surface area contributed by atoms with Gasteiger partial charge < -0.3 is 15.5 Å². The van der Waals surface area contributed by atoms with E-state index in [0.717, 1.165) is 21.4 Å². The Hall–Kier alpha value is -2.05. The summed E-state index contributed by atoms with van der Waals surface area (Å²) in [7, 11) is 0. The highest BCUT2D eigenvalue weighted by Crippen LogP contribution is 2.45. The normalized spacial score (nSPS) is 20.6. The minimum Gasteiger partial charge on any atom is -0.399 e. The van der Waals surface area contributed by atoms with E-state index in [1.807, 2.05) is 24.3 Å². The van der Waals surface area contributed by atoms with Gasteiger partial charge in [-0.05, 0) is 51.8 Å². The van der Waals surface area contributed by atoms with Crippen LogP contribution >= 0.6 is 27.5 Å². The number of nitrogen functional groups attached to an aromatic ring is 1. The third-order valence-electron chi connectivity index (χ3n) is 5.53. The van der Waals surface area contributed by atoms with Gasteiger partial charge in [-0.1, -0.05) is 31.5 Å². The highest BCUT2D eigenvalue weighted by molar-refractivity contribution is 9.10. The maximum Gasteiger partial charge on any atom is 0.232 e. The molecular formula is C21H21BrClN3O2. The van der Waals surface area contributed by atoms with Gasteiger partial charge in [-0.25, -0.2) is 0 Å². The quantitative estimate of drug-likeness (QED) is 0.674. The summed E-state index contributed by atoms with van der Waals surface area (Å²) in [6.07, 6.45) is 0.199. The molecule has 5 nitrogen and oxygen atoms in total. The SMILES string of the molecule is CC1(C)CN(C(=O)C2CC(=O)N(c3cccc(N)c3)C2)c2cc(Cl)c(Br)cc21. The summed E-state index contributed by atoms with van der Waals surface area (Å²) < 4.78 is 0.819. The second-order valence-corrected chi connectivity index (χ2v) is 9.35. The van der Waals surface area contributed by atoms with E-state index in [9.17, 15) is 9.59 Å². The van der Waals surface area contributed by atoms with Crippen molar-refractivity contribution in [3.8, 4) is 0 Å². The number of hydrogen-bond acceptors (Lipinski definition) is 3. The summed E-state index contributed by atoms with van der Waals surface area (Å²) in [6, 6.07) is 11.0. The number of amides is 2. The fourth-order valence-electron chi connectivity index (χ4n) is 4.10. The minimum atomic E-state index is -0.391. The number of hydrogen-bond donors (Lipinski definition) is 1. The van der Waals surface area contributed by atoms with Crippen LogP contribution in [0.25, 0.3) is 0 Å². The number of nitrogens with two attached hydrogens (primary N) is 1. The summed E-state index contributed by atoms with van der Waals surface area (Å²) in [4.78, 5) is 29.4. The zero-order valence-corrected chi connectivity index (χ0v) is 18.0. The van der Waals surface area contributed by atoms with E-state index in [-0.39, 0.29) is 23.7 Å². The van der Waals surface area contributed by atoms with Crippen molar-refractivity contribution in [3.63, 3.8) is 0 Å². The third-order valence-corrected chi connectivity index (χ3v) is 6.73. The first kappa shape index (κ1) is 19.3. The van der Waals surface area contributed by atoms with E-state index in [1.54, 1.807) is 21.9 Å². The lowest BCUT2D eigenvalue weighted by atomic mass is 9.87. The third kappa shape index (κ3) is 3.18. The Morgan fingerprint density at radius 3 is 2.75 bits per heavy atom. The van der Waals surface area contributed by atoms with Crippen LogP contribution in [0.1, 0.15) is 25.8 Å². The molecule has 0 aliphatic carbocycles. The molecule has 0 bridgehead atoms. The minimum absolute atomic E-state index is 0.0371. The van der Waals surface area contributed by atoms with Crippen molar-refractivity contribution in [2.75, 3.05) is 28.6 Å². The van der Waals surface area contributed by atoms with Crippen molar-refractivity contribution in [2.45, 2.75) is 25.7 Å². The van der Waals surface area contributed by atoms with Crippen molar-refractivity contribution in [1.82, 2.24) is 0 Å². The van der Waals surface area contributed by atoms with Gasteiger partial charge in [-0.2, -0.15) is 0 Å². The predicted molar refractivity (Wildman–Crippen MR) is 116 cm³/mol. The number of rotatable bonds is 2. The molecule has 1 saturated heterocycles. The molecule has 2 aromatic carbocycles. The number of halogens is 2. The van der Waals surface area contributed by atoms with Gasteiger partial charge in [0.15, 0.2) is 0 Å². The lowest BCUT2D eigenvalue weighted by Crippen LogP contribution is -2.39. The molecule has 2 N–H and O–H groups in total. The Bertz CT molecular complexity index is 992. The molecule has 28 heavy (non-hydrogen) atoms. The van der Waals surface area contributed by atoms with Gasteiger partial charge in [0, 0.05) is 46.5 Å². The topological polar surface area (TPSA) is 66.6 Å². The number of anilines is 3. The van der Waals surface area contributed by atoms with Gasteiger partial charge >= 0.3 is 0 Å².